The Morgan fingerprint density at radius 3 is 2.26 bits per heavy atom. The fraction of sp³-hybridized carbons (Fsp3) is 0.0435. The van der Waals surface area contributed by atoms with Gasteiger partial charge in [-0.15, -0.1) is 0 Å². The van der Waals surface area contributed by atoms with Crippen LogP contribution in [0.4, 0.5) is 15.8 Å². The SMILES string of the molecule is COc1ccc(NC2=C(c3ccc(F)cc3)C(=O)N(c3ccccc3Cl)C2=O)cc1Cl. The summed E-state index contributed by atoms with van der Waals surface area (Å²) in [6.45, 7) is 0. The zero-order chi connectivity index (χ0) is 22.1. The number of nitrogens with zero attached hydrogens (tertiary/aromatic N) is 1. The van der Waals surface area contributed by atoms with Gasteiger partial charge >= 0.3 is 0 Å². The number of hydrogen-bond donors (Lipinski definition) is 1. The Balaban J connectivity index is 1.83. The van der Waals surface area contributed by atoms with Crippen molar-refractivity contribution in [3.8, 4) is 5.75 Å². The standard InChI is InChI=1S/C23H15Cl2FN2O3/c1-31-19-11-10-15(12-17(19)25)27-21-20(13-6-8-14(26)9-7-13)22(29)28(23(21)30)18-5-3-2-4-16(18)24/h2-12,27H,1H3. The molecule has 3 aromatic rings. The maximum absolute atomic E-state index is 13.5. The van der Waals surface area contributed by atoms with Gasteiger partial charge in [-0.05, 0) is 48.0 Å². The summed E-state index contributed by atoms with van der Waals surface area (Å²) < 4.78 is 18.6. The third kappa shape index (κ3) is 3.87. The summed E-state index contributed by atoms with van der Waals surface area (Å²) in [5.74, 6) is -1.16. The second-order valence-corrected chi connectivity index (χ2v) is 7.44. The van der Waals surface area contributed by atoms with Gasteiger partial charge in [0.1, 0.15) is 17.3 Å². The highest BCUT2D eigenvalue weighted by molar-refractivity contribution is 6.48. The molecule has 31 heavy (non-hydrogen) atoms. The number of carbonyl (C=O) groups excluding carboxylic acids is 2. The first-order valence-corrected chi connectivity index (χ1v) is 9.90. The predicted octanol–water partition coefficient (Wildman–Crippen LogP) is 5.54. The molecule has 0 saturated heterocycles. The van der Waals surface area contributed by atoms with Crippen molar-refractivity contribution in [3.63, 3.8) is 0 Å². The number of ether oxygens (including phenoxy) is 1. The average molecular weight is 457 g/mol. The van der Waals surface area contributed by atoms with E-state index in [-0.39, 0.29) is 22.0 Å². The van der Waals surface area contributed by atoms with Gasteiger partial charge in [-0.1, -0.05) is 47.5 Å². The predicted molar refractivity (Wildman–Crippen MR) is 119 cm³/mol. The van der Waals surface area contributed by atoms with Crippen molar-refractivity contribution < 1.29 is 18.7 Å². The highest BCUT2D eigenvalue weighted by Gasteiger charge is 2.41. The lowest BCUT2D eigenvalue weighted by Gasteiger charge is -2.16. The van der Waals surface area contributed by atoms with Gasteiger partial charge in [0.25, 0.3) is 11.8 Å². The van der Waals surface area contributed by atoms with E-state index in [0.29, 0.717) is 22.0 Å². The molecule has 0 radical (unpaired) electrons. The molecular formula is C23H15Cl2FN2O3. The Morgan fingerprint density at radius 2 is 1.61 bits per heavy atom. The van der Waals surface area contributed by atoms with Gasteiger partial charge in [0, 0.05) is 5.69 Å². The molecule has 0 spiro atoms. The molecular weight excluding hydrogens is 442 g/mol. The molecule has 1 aliphatic heterocycles. The second-order valence-electron chi connectivity index (χ2n) is 6.63. The van der Waals surface area contributed by atoms with E-state index in [1.807, 2.05) is 0 Å². The molecule has 0 atom stereocenters. The number of benzene rings is 3. The number of methoxy groups -OCH3 is 1. The Bertz CT molecular complexity index is 1230. The van der Waals surface area contributed by atoms with Gasteiger partial charge in [0.15, 0.2) is 0 Å². The first-order chi connectivity index (χ1) is 14.9. The zero-order valence-corrected chi connectivity index (χ0v) is 17.7. The van der Waals surface area contributed by atoms with Crippen LogP contribution in [0.15, 0.2) is 72.4 Å². The van der Waals surface area contributed by atoms with Crippen LogP contribution in [0.1, 0.15) is 5.56 Å². The topological polar surface area (TPSA) is 58.6 Å². The van der Waals surface area contributed by atoms with Crippen molar-refractivity contribution in [1.82, 2.24) is 0 Å². The number of para-hydroxylation sites is 1. The van der Waals surface area contributed by atoms with E-state index in [0.717, 1.165) is 4.90 Å². The van der Waals surface area contributed by atoms with Gasteiger partial charge < -0.3 is 10.1 Å². The van der Waals surface area contributed by atoms with Crippen molar-refractivity contribution >= 4 is 52.0 Å². The van der Waals surface area contributed by atoms with Crippen molar-refractivity contribution in [1.29, 1.82) is 0 Å². The number of carbonyl (C=O) groups is 2. The fourth-order valence-electron chi connectivity index (χ4n) is 3.27. The van der Waals surface area contributed by atoms with Gasteiger partial charge in [0.2, 0.25) is 0 Å². The molecule has 5 nitrogen and oxygen atoms in total. The summed E-state index contributed by atoms with van der Waals surface area (Å²) >= 11 is 12.4. The number of nitrogens with one attached hydrogen (secondary N) is 1. The van der Waals surface area contributed by atoms with Crippen LogP contribution in [0.2, 0.25) is 10.0 Å². The van der Waals surface area contributed by atoms with Crippen LogP contribution in [-0.4, -0.2) is 18.9 Å². The van der Waals surface area contributed by atoms with E-state index in [2.05, 4.69) is 5.32 Å². The minimum atomic E-state index is -0.593. The summed E-state index contributed by atoms with van der Waals surface area (Å²) in [7, 11) is 1.49. The first kappa shape index (κ1) is 20.9. The Morgan fingerprint density at radius 1 is 0.903 bits per heavy atom. The summed E-state index contributed by atoms with van der Waals surface area (Å²) in [5, 5.41) is 3.56. The summed E-state index contributed by atoms with van der Waals surface area (Å²) in [4.78, 5) is 27.7. The second kappa shape index (κ2) is 8.41. The van der Waals surface area contributed by atoms with Crippen LogP contribution < -0.4 is 15.0 Å². The average Bonchev–Trinajstić information content (AvgIpc) is 2.99. The molecule has 0 saturated carbocycles. The molecule has 2 amide bonds. The lowest BCUT2D eigenvalue weighted by atomic mass is 10.0. The molecule has 1 N–H and O–H groups in total. The summed E-state index contributed by atoms with van der Waals surface area (Å²) in [6.07, 6.45) is 0. The molecule has 0 fully saturated rings. The molecule has 156 valence electrons. The van der Waals surface area contributed by atoms with Gasteiger partial charge in [-0.25, -0.2) is 9.29 Å². The quantitative estimate of drug-likeness (QED) is 0.512. The van der Waals surface area contributed by atoms with Crippen molar-refractivity contribution in [2.45, 2.75) is 0 Å². The Kier molecular flexibility index (Phi) is 5.67. The number of anilines is 2. The number of rotatable bonds is 5. The van der Waals surface area contributed by atoms with Crippen LogP contribution in [0, 0.1) is 5.82 Å². The van der Waals surface area contributed by atoms with Crippen molar-refractivity contribution in [2.24, 2.45) is 0 Å². The van der Waals surface area contributed by atoms with E-state index < -0.39 is 17.6 Å². The molecule has 0 unspecified atom stereocenters. The van der Waals surface area contributed by atoms with Crippen molar-refractivity contribution in [2.75, 3.05) is 17.3 Å². The van der Waals surface area contributed by atoms with Crippen LogP contribution in [-0.2, 0) is 9.59 Å². The monoisotopic (exact) mass is 456 g/mol. The van der Waals surface area contributed by atoms with Crippen LogP contribution in [0.5, 0.6) is 5.75 Å². The smallest absolute Gasteiger partial charge is 0.282 e. The lowest BCUT2D eigenvalue weighted by Crippen LogP contribution is -2.32. The minimum absolute atomic E-state index is 0.0257. The van der Waals surface area contributed by atoms with E-state index in [1.54, 1.807) is 42.5 Å². The molecule has 0 aliphatic carbocycles. The lowest BCUT2D eigenvalue weighted by molar-refractivity contribution is -0.120. The molecule has 1 aliphatic rings. The zero-order valence-electron chi connectivity index (χ0n) is 16.2. The normalized spacial score (nSPS) is 13.7. The molecule has 8 heteroatoms. The van der Waals surface area contributed by atoms with Crippen molar-refractivity contribution in [3.05, 3.63) is 93.9 Å². The largest absolute Gasteiger partial charge is 0.495 e. The van der Waals surface area contributed by atoms with Crippen LogP contribution in [0.25, 0.3) is 5.57 Å². The number of amides is 2. The van der Waals surface area contributed by atoms with Gasteiger partial charge in [-0.2, -0.15) is 0 Å². The third-order valence-corrected chi connectivity index (χ3v) is 5.35. The van der Waals surface area contributed by atoms with E-state index in [9.17, 15) is 14.0 Å². The maximum atomic E-state index is 13.5. The van der Waals surface area contributed by atoms with Gasteiger partial charge in [0.05, 0.1) is 28.4 Å². The minimum Gasteiger partial charge on any atom is -0.495 e. The highest BCUT2D eigenvalue weighted by Crippen LogP contribution is 2.37. The third-order valence-electron chi connectivity index (χ3n) is 4.73. The van der Waals surface area contributed by atoms with E-state index in [4.69, 9.17) is 27.9 Å². The summed E-state index contributed by atoms with van der Waals surface area (Å²) in [6, 6.07) is 16.7. The summed E-state index contributed by atoms with van der Waals surface area (Å²) in [5.41, 5.74) is 1.23. The first-order valence-electron chi connectivity index (χ1n) is 9.15. The molecule has 3 aromatic carbocycles. The molecule has 4 rings (SSSR count). The fourth-order valence-corrected chi connectivity index (χ4v) is 3.75. The molecule has 1 heterocycles. The van der Waals surface area contributed by atoms with E-state index in [1.165, 1.54) is 31.4 Å². The number of imide groups is 1. The van der Waals surface area contributed by atoms with E-state index >= 15 is 0 Å². The van der Waals surface area contributed by atoms with Crippen LogP contribution >= 0.6 is 23.2 Å². The molecule has 0 bridgehead atoms. The number of halogens is 3. The highest BCUT2D eigenvalue weighted by atomic mass is 35.5. The Hall–Kier alpha value is -3.35. The molecule has 0 aromatic heterocycles. The van der Waals surface area contributed by atoms with Gasteiger partial charge in [-0.3, -0.25) is 9.59 Å². The maximum Gasteiger partial charge on any atom is 0.282 e. The van der Waals surface area contributed by atoms with Crippen LogP contribution in [0.3, 0.4) is 0 Å². The number of hydrogen-bond acceptors (Lipinski definition) is 4. The Labute approximate surface area is 187 Å².